The molecule has 2 bridgehead atoms. The summed E-state index contributed by atoms with van der Waals surface area (Å²) in [5.74, 6) is 2.21. The first-order valence-electron chi connectivity index (χ1n) is 7.57. The fraction of sp³-hybridized carbons (Fsp3) is 0.857. The van der Waals surface area contributed by atoms with E-state index in [1.54, 1.807) is 0 Å². The lowest BCUT2D eigenvalue weighted by Gasteiger charge is -2.34. The number of hydrogen-bond acceptors (Lipinski definition) is 5. The molecule has 1 aliphatic carbocycles. The van der Waals surface area contributed by atoms with Crippen molar-refractivity contribution in [1.29, 1.82) is 0 Å². The average Bonchev–Trinajstić information content (AvgIpc) is 3.10. The van der Waals surface area contributed by atoms with Crippen molar-refractivity contribution < 1.29 is 4.52 Å². The zero-order valence-electron chi connectivity index (χ0n) is 11.5. The second kappa shape index (κ2) is 4.56. The van der Waals surface area contributed by atoms with Crippen molar-refractivity contribution >= 4 is 0 Å². The van der Waals surface area contributed by atoms with E-state index in [4.69, 9.17) is 4.52 Å². The van der Waals surface area contributed by atoms with Crippen molar-refractivity contribution in [3.05, 3.63) is 11.7 Å². The van der Waals surface area contributed by atoms with Crippen LogP contribution in [0, 0.1) is 0 Å². The molecule has 104 valence electrons. The van der Waals surface area contributed by atoms with Gasteiger partial charge in [-0.2, -0.15) is 4.98 Å². The van der Waals surface area contributed by atoms with Crippen molar-refractivity contribution in [2.75, 3.05) is 7.05 Å². The molecular formula is C14H22N4O. The van der Waals surface area contributed by atoms with Crippen molar-refractivity contribution in [3.63, 3.8) is 0 Å². The molecule has 5 heteroatoms. The second-order valence-electron chi connectivity index (χ2n) is 6.42. The third-order valence-electron chi connectivity index (χ3n) is 5.07. The Hall–Kier alpha value is -0.940. The van der Waals surface area contributed by atoms with Gasteiger partial charge in [0.2, 0.25) is 5.89 Å². The van der Waals surface area contributed by atoms with Crippen molar-refractivity contribution in [3.8, 4) is 0 Å². The van der Waals surface area contributed by atoms with Crippen LogP contribution < -0.4 is 5.32 Å². The first-order chi connectivity index (χ1) is 9.29. The first kappa shape index (κ1) is 11.9. The number of rotatable bonds is 4. The molecule has 1 N–H and O–H groups in total. The van der Waals surface area contributed by atoms with E-state index in [1.807, 2.05) is 0 Å². The number of nitrogens with one attached hydrogen (secondary N) is 1. The molecule has 3 heterocycles. The Morgan fingerprint density at radius 2 is 1.95 bits per heavy atom. The fourth-order valence-corrected chi connectivity index (χ4v) is 3.65. The molecule has 1 aromatic heterocycles. The van der Waals surface area contributed by atoms with Gasteiger partial charge in [0.25, 0.3) is 0 Å². The summed E-state index contributed by atoms with van der Waals surface area (Å²) in [4.78, 5) is 7.14. The van der Waals surface area contributed by atoms with Crippen LogP contribution in [-0.2, 0) is 6.54 Å². The van der Waals surface area contributed by atoms with Gasteiger partial charge in [-0.15, -0.1) is 0 Å². The van der Waals surface area contributed by atoms with Gasteiger partial charge in [0.1, 0.15) is 0 Å². The van der Waals surface area contributed by atoms with Gasteiger partial charge in [-0.05, 0) is 45.6 Å². The second-order valence-corrected chi connectivity index (χ2v) is 6.42. The van der Waals surface area contributed by atoms with E-state index in [0.717, 1.165) is 30.3 Å². The summed E-state index contributed by atoms with van der Waals surface area (Å²) in [5.41, 5.74) is 0. The van der Waals surface area contributed by atoms with Crippen LogP contribution in [0.4, 0.5) is 0 Å². The smallest absolute Gasteiger partial charge is 0.240 e. The van der Waals surface area contributed by atoms with Crippen LogP contribution in [0.1, 0.15) is 56.2 Å². The Balaban J connectivity index is 1.41. The van der Waals surface area contributed by atoms with E-state index in [9.17, 15) is 0 Å². The predicted octanol–water partition coefficient (Wildman–Crippen LogP) is 1.66. The van der Waals surface area contributed by atoms with Crippen LogP contribution in [0.5, 0.6) is 0 Å². The molecule has 2 aliphatic heterocycles. The fourth-order valence-electron chi connectivity index (χ4n) is 3.65. The van der Waals surface area contributed by atoms with Gasteiger partial charge in [0.15, 0.2) is 5.82 Å². The zero-order valence-corrected chi connectivity index (χ0v) is 11.5. The van der Waals surface area contributed by atoms with Crippen LogP contribution in [-0.4, -0.2) is 40.2 Å². The highest BCUT2D eigenvalue weighted by Gasteiger charge is 2.40. The van der Waals surface area contributed by atoms with E-state index < -0.39 is 0 Å². The SMILES string of the molecule is CN1C2CCC1CC(c1noc(CNC3CC3)n1)C2. The number of hydrogen-bond donors (Lipinski definition) is 1. The van der Waals surface area contributed by atoms with E-state index in [1.165, 1.54) is 38.5 Å². The van der Waals surface area contributed by atoms with Crippen LogP contribution in [0.15, 0.2) is 4.52 Å². The maximum absolute atomic E-state index is 5.38. The monoisotopic (exact) mass is 262 g/mol. The van der Waals surface area contributed by atoms with Crippen molar-refractivity contribution in [1.82, 2.24) is 20.4 Å². The highest BCUT2D eigenvalue weighted by molar-refractivity contribution is 5.05. The molecule has 5 nitrogen and oxygen atoms in total. The van der Waals surface area contributed by atoms with E-state index in [-0.39, 0.29) is 0 Å². The van der Waals surface area contributed by atoms with Gasteiger partial charge < -0.3 is 14.7 Å². The Kier molecular flexibility index (Phi) is 2.84. The van der Waals surface area contributed by atoms with Crippen molar-refractivity contribution in [2.24, 2.45) is 0 Å². The third kappa shape index (κ3) is 2.30. The number of nitrogens with zero attached hydrogens (tertiary/aromatic N) is 3. The van der Waals surface area contributed by atoms with E-state index >= 15 is 0 Å². The molecule has 1 saturated carbocycles. The molecule has 0 amide bonds. The minimum atomic E-state index is 0.507. The van der Waals surface area contributed by atoms with E-state index in [0.29, 0.717) is 12.0 Å². The van der Waals surface area contributed by atoms with Crippen molar-refractivity contribution in [2.45, 2.75) is 69.1 Å². The number of fused-ring (bicyclic) bond motifs is 2. The molecule has 0 spiro atoms. The number of piperidine rings is 1. The van der Waals surface area contributed by atoms with E-state index in [2.05, 4.69) is 27.4 Å². The predicted molar refractivity (Wildman–Crippen MR) is 70.7 cm³/mol. The van der Waals surface area contributed by atoms with Crippen LogP contribution >= 0.6 is 0 Å². The molecular weight excluding hydrogens is 240 g/mol. The lowest BCUT2D eigenvalue weighted by molar-refractivity contribution is 0.157. The topological polar surface area (TPSA) is 54.2 Å². The Bertz CT molecular complexity index is 442. The Morgan fingerprint density at radius 3 is 2.63 bits per heavy atom. The standard InChI is InChI=1S/C14H22N4O/c1-18-11-4-5-12(18)7-9(6-11)14-16-13(19-17-14)8-15-10-2-3-10/h9-12,15H,2-8H2,1H3. The van der Waals surface area contributed by atoms with Gasteiger partial charge in [-0.25, -0.2) is 0 Å². The highest BCUT2D eigenvalue weighted by Crippen LogP contribution is 2.41. The minimum absolute atomic E-state index is 0.507. The molecule has 0 radical (unpaired) electrons. The van der Waals surface area contributed by atoms with Gasteiger partial charge in [-0.1, -0.05) is 5.16 Å². The summed E-state index contributed by atoms with van der Waals surface area (Å²) in [6.07, 6.45) is 7.65. The summed E-state index contributed by atoms with van der Waals surface area (Å²) in [5, 5.41) is 7.64. The zero-order chi connectivity index (χ0) is 12.8. The summed E-state index contributed by atoms with van der Waals surface area (Å²) < 4.78 is 5.38. The molecule has 3 fully saturated rings. The average molecular weight is 262 g/mol. The maximum atomic E-state index is 5.38. The summed E-state index contributed by atoms with van der Waals surface area (Å²) in [6.45, 7) is 0.733. The lowest BCUT2D eigenvalue weighted by atomic mass is 9.90. The quantitative estimate of drug-likeness (QED) is 0.894. The molecule has 19 heavy (non-hydrogen) atoms. The molecule has 3 aliphatic rings. The summed E-state index contributed by atoms with van der Waals surface area (Å²) >= 11 is 0. The molecule has 2 unspecified atom stereocenters. The Morgan fingerprint density at radius 1 is 1.21 bits per heavy atom. The van der Waals surface area contributed by atoms with Crippen LogP contribution in [0.2, 0.25) is 0 Å². The third-order valence-corrected chi connectivity index (χ3v) is 5.07. The molecule has 1 aromatic rings. The van der Waals surface area contributed by atoms with Crippen LogP contribution in [0.3, 0.4) is 0 Å². The lowest BCUT2D eigenvalue weighted by Crippen LogP contribution is -2.39. The first-order valence-corrected chi connectivity index (χ1v) is 7.57. The largest absolute Gasteiger partial charge is 0.338 e. The normalized spacial score (nSPS) is 34.9. The highest BCUT2D eigenvalue weighted by atomic mass is 16.5. The Labute approximate surface area is 113 Å². The van der Waals surface area contributed by atoms with Gasteiger partial charge in [-0.3, -0.25) is 0 Å². The van der Waals surface area contributed by atoms with Gasteiger partial charge >= 0.3 is 0 Å². The van der Waals surface area contributed by atoms with Crippen LogP contribution in [0.25, 0.3) is 0 Å². The van der Waals surface area contributed by atoms with Gasteiger partial charge in [0.05, 0.1) is 6.54 Å². The minimum Gasteiger partial charge on any atom is -0.338 e. The molecule has 2 atom stereocenters. The molecule has 0 aromatic carbocycles. The molecule has 2 saturated heterocycles. The number of aromatic nitrogens is 2. The van der Waals surface area contributed by atoms with Gasteiger partial charge in [0, 0.05) is 24.0 Å². The maximum Gasteiger partial charge on any atom is 0.240 e. The molecule has 4 rings (SSSR count). The summed E-state index contributed by atoms with van der Waals surface area (Å²) in [6, 6.07) is 2.15. The summed E-state index contributed by atoms with van der Waals surface area (Å²) in [7, 11) is 2.26.